The number of hydrogen-bond acceptors (Lipinski definition) is 3. The molecule has 0 aliphatic carbocycles. The van der Waals surface area contributed by atoms with Gasteiger partial charge in [0.25, 0.3) is 0 Å². The second kappa shape index (κ2) is 8.39. The predicted molar refractivity (Wildman–Crippen MR) is 117 cm³/mol. The zero-order valence-corrected chi connectivity index (χ0v) is 17.6. The maximum atomic E-state index is 13.3. The fourth-order valence-electron chi connectivity index (χ4n) is 3.04. The van der Waals surface area contributed by atoms with E-state index < -0.39 is 0 Å². The molecule has 0 aliphatic heterocycles. The van der Waals surface area contributed by atoms with Gasteiger partial charge >= 0.3 is 0 Å². The Morgan fingerprint density at radius 3 is 2.45 bits per heavy atom. The van der Waals surface area contributed by atoms with Gasteiger partial charge in [-0.2, -0.15) is 0 Å². The first-order chi connectivity index (χ1) is 14.0. The molecule has 3 nitrogen and oxygen atoms in total. The molecule has 6 heteroatoms. The van der Waals surface area contributed by atoms with Crippen molar-refractivity contribution < 1.29 is 4.39 Å². The summed E-state index contributed by atoms with van der Waals surface area (Å²) in [6.45, 7) is 4.12. The SMILES string of the molecule is Cc1cnc(CSc2nc(-c3ccc(F)cc3)cn2-c2ccc(Cl)cc2)c(C)c1. The van der Waals surface area contributed by atoms with E-state index in [1.807, 2.05) is 48.1 Å². The lowest BCUT2D eigenvalue weighted by atomic mass is 10.2. The van der Waals surface area contributed by atoms with Gasteiger partial charge in [-0.15, -0.1) is 0 Å². The molecule has 0 atom stereocenters. The number of aryl methyl sites for hydroxylation is 2. The summed E-state index contributed by atoms with van der Waals surface area (Å²) in [6.07, 6.45) is 3.85. The number of aromatic nitrogens is 3. The first-order valence-electron chi connectivity index (χ1n) is 9.16. The van der Waals surface area contributed by atoms with Crippen LogP contribution in [-0.2, 0) is 5.75 Å². The Balaban J connectivity index is 1.70. The van der Waals surface area contributed by atoms with E-state index in [4.69, 9.17) is 16.6 Å². The van der Waals surface area contributed by atoms with E-state index in [0.29, 0.717) is 10.8 Å². The summed E-state index contributed by atoms with van der Waals surface area (Å²) in [5.41, 5.74) is 5.97. The summed E-state index contributed by atoms with van der Waals surface area (Å²) in [4.78, 5) is 9.38. The third-order valence-electron chi connectivity index (χ3n) is 4.58. The Morgan fingerprint density at radius 2 is 1.76 bits per heavy atom. The number of hydrogen-bond donors (Lipinski definition) is 0. The molecule has 4 rings (SSSR count). The van der Waals surface area contributed by atoms with E-state index >= 15 is 0 Å². The number of nitrogens with zero attached hydrogens (tertiary/aromatic N) is 3. The van der Waals surface area contributed by atoms with Gasteiger partial charge in [0, 0.05) is 34.4 Å². The van der Waals surface area contributed by atoms with Crippen LogP contribution in [0.3, 0.4) is 0 Å². The van der Waals surface area contributed by atoms with E-state index in [-0.39, 0.29) is 5.82 Å². The normalized spacial score (nSPS) is 11.0. The maximum Gasteiger partial charge on any atom is 0.173 e. The molecule has 2 aromatic carbocycles. The summed E-state index contributed by atoms with van der Waals surface area (Å²) >= 11 is 7.67. The van der Waals surface area contributed by atoms with E-state index in [9.17, 15) is 4.39 Å². The van der Waals surface area contributed by atoms with E-state index in [1.54, 1.807) is 23.9 Å². The molecule has 0 saturated heterocycles. The highest BCUT2D eigenvalue weighted by Gasteiger charge is 2.13. The van der Waals surface area contributed by atoms with Gasteiger partial charge in [0.1, 0.15) is 5.82 Å². The van der Waals surface area contributed by atoms with E-state index in [1.165, 1.54) is 17.7 Å². The molecule has 2 heterocycles. The van der Waals surface area contributed by atoms with Gasteiger partial charge < -0.3 is 0 Å². The number of halogens is 2. The Kier molecular flexibility index (Phi) is 5.69. The van der Waals surface area contributed by atoms with Crippen LogP contribution < -0.4 is 0 Å². The average Bonchev–Trinajstić information content (AvgIpc) is 3.12. The van der Waals surface area contributed by atoms with Crippen LogP contribution >= 0.6 is 23.4 Å². The lowest BCUT2D eigenvalue weighted by Gasteiger charge is -2.08. The number of rotatable bonds is 5. The third kappa shape index (κ3) is 4.52. The highest BCUT2D eigenvalue weighted by atomic mass is 35.5. The standard InChI is InChI=1S/C23H19ClFN3S/c1-15-11-16(2)22(26-12-15)14-29-23-27-21(17-3-7-19(25)8-4-17)13-28(23)20-9-5-18(24)6-10-20/h3-13H,14H2,1-2H3. The molecule has 4 aromatic rings. The molecule has 0 radical (unpaired) electrons. The first kappa shape index (κ1) is 19.7. The topological polar surface area (TPSA) is 30.7 Å². The summed E-state index contributed by atoms with van der Waals surface area (Å²) < 4.78 is 15.3. The average molecular weight is 424 g/mol. The maximum absolute atomic E-state index is 13.3. The van der Waals surface area contributed by atoms with Gasteiger partial charge in [-0.3, -0.25) is 9.55 Å². The summed E-state index contributed by atoms with van der Waals surface area (Å²) in [6, 6.07) is 16.1. The molecule has 29 heavy (non-hydrogen) atoms. The van der Waals surface area contributed by atoms with Crippen molar-refractivity contribution in [3.63, 3.8) is 0 Å². The Labute approximate surface area is 178 Å². The molecular formula is C23H19ClFN3S. The molecular weight excluding hydrogens is 405 g/mol. The summed E-state index contributed by atoms with van der Waals surface area (Å²) in [7, 11) is 0. The second-order valence-electron chi connectivity index (χ2n) is 6.83. The van der Waals surface area contributed by atoms with Gasteiger partial charge in [-0.1, -0.05) is 29.4 Å². The van der Waals surface area contributed by atoms with Crippen LogP contribution in [0.2, 0.25) is 5.02 Å². The third-order valence-corrected chi connectivity index (χ3v) is 5.80. The summed E-state index contributed by atoms with van der Waals surface area (Å²) in [5, 5.41) is 1.52. The molecule has 0 fully saturated rings. The van der Waals surface area contributed by atoms with Crippen LogP contribution in [0.1, 0.15) is 16.8 Å². The quantitative estimate of drug-likeness (QED) is 0.337. The molecule has 0 aliphatic rings. The van der Waals surface area contributed by atoms with Crippen LogP contribution in [0.15, 0.2) is 72.1 Å². The van der Waals surface area contributed by atoms with Crippen molar-refractivity contribution in [3.05, 3.63) is 94.7 Å². The number of pyridine rings is 1. The second-order valence-corrected chi connectivity index (χ2v) is 8.21. The zero-order valence-electron chi connectivity index (χ0n) is 16.1. The molecule has 0 amide bonds. The van der Waals surface area contributed by atoms with Gasteiger partial charge in [0.15, 0.2) is 5.16 Å². The van der Waals surface area contributed by atoms with Crippen LogP contribution in [-0.4, -0.2) is 14.5 Å². The van der Waals surface area contributed by atoms with E-state index in [2.05, 4.69) is 18.0 Å². The molecule has 0 unspecified atom stereocenters. The van der Waals surface area contributed by atoms with Crippen LogP contribution in [0.5, 0.6) is 0 Å². The minimum Gasteiger partial charge on any atom is -0.294 e. The van der Waals surface area contributed by atoms with Crippen LogP contribution in [0.25, 0.3) is 16.9 Å². The fourth-order valence-corrected chi connectivity index (χ4v) is 4.19. The number of imidazole rings is 1. The first-order valence-corrected chi connectivity index (χ1v) is 10.5. The predicted octanol–water partition coefficient (Wildman–Crippen LogP) is 6.64. The lowest BCUT2D eigenvalue weighted by Crippen LogP contribution is -1.97. The fraction of sp³-hybridized carbons (Fsp3) is 0.130. The zero-order chi connectivity index (χ0) is 20.4. The van der Waals surface area contributed by atoms with Gasteiger partial charge in [0.05, 0.1) is 11.4 Å². The van der Waals surface area contributed by atoms with Gasteiger partial charge in [0.2, 0.25) is 0 Å². The summed E-state index contributed by atoms with van der Waals surface area (Å²) in [5.74, 6) is 0.445. The molecule has 0 spiro atoms. The van der Waals surface area contributed by atoms with Gasteiger partial charge in [-0.05, 0) is 73.5 Å². The smallest absolute Gasteiger partial charge is 0.173 e. The Morgan fingerprint density at radius 1 is 1.03 bits per heavy atom. The largest absolute Gasteiger partial charge is 0.294 e. The molecule has 0 bridgehead atoms. The molecule has 2 aromatic heterocycles. The molecule has 0 N–H and O–H groups in total. The van der Waals surface area contributed by atoms with Crippen LogP contribution in [0.4, 0.5) is 4.39 Å². The number of thioether (sulfide) groups is 1. The van der Waals surface area contributed by atoms with Crippen molar-refractivity contribution in [1.82, 2.24) is 14.5 Å². The highest BCUT2D eigenvalue weighted by molar-refractivity contribution is 7.98. The van der Waals surface area contributed by atoms with Crippen molar-refractivity contribution in [2.45, 2.75) is 24.8 Å². The minimum absolute atomic E-state index is 0.263. The van der Waals surface area contributed by atoms with Crippen molar-refractivity contribution in [3.8, 4) is 16.9 Å². The number of benzene rings is 2. The highest BCUT2D eigenvalue weighted by Crippen LogP contribution is 2.30. The van der Waals surface area contributed by atoms with Gasteiger partial charge in [-0.25, -0.2) is 9.37 Å². The van der Waals surface area contributed by atoms with Crippen molar-refractivity contribution in [1.29, 1.82) is 0 Å². The monoisotopic (exact) mass is 423 g/mol. The van der Waals surface area contributed by atoms with Crippen molar-refractivity contribution in [2.24, 2.45) is 0 Å². The Hall–Kier alpha value is -2.63. The molecule has 146 valence electrons. The van der Waals surface area contributed by atoms with Crippen molar-refractivity contribution in [2.75, 3.05) is 0 Å². The lowest BCUT2D eigenvalue weighted by molar-refractivity contribution is 0.628. The van der Waals surface area contributed by atoms with Crippen LogP contribution in [0, 0.1) is 19.7 Å². The van der Waals surface area contributed by atoms with Crippen molar-refractivity contribution >= 4 is 23.4 Å². The minimum atomic E-state index is -0.263. The molecule has 0 saturated carbocycles. The Bertz CT molecular complexity index is 1140. The van der Waals surface area contributed by atoms with E-state index in [0.717, 1.165) is 33.4 Å².